The maximum atomic E-state index is 13.1. The molecule has 1 N–H and O–H groups in total. The number of carbonyl (C=O) groups is 1. The number of rotatable bonds is 5. The van der Waals surface area contributed by atoms with Gasteiger partial charge in [-0.25, -0.2) is 9.97 Å². The lowest BCUT2D eigenvalue weighted by molar-refractivity contribution is -0.136. The largest absolute Gasteiger partial charge is 0.439 e. The van der Waals surface area contributed by atoms with Crippen LogP contribution < -0.4 is 0 Å². The second kappa shape index (κ2) is 10.5. The fourth-order valence-electron chi connectivity index (χ4n) is 6.44. The third-order valence-corrected chi connectivity index (χ3v) is 8.84. The van der Waals surface area contributed by atoms with E-state index in [0.29, 0.717) is 47.1 Å². The first-order chi connectivity index (χ1) is 20.9. The minimum atomic E-state index is -0.182. The van der Waals surface area contributed by atoms with E-state index in [-0.39, 0.29) is 18.6 Å². The number of aromatic nitrogens is 2. The van der Waals surface area contributed by atoms with Crippen molar-refractivity contribution in [2.45, 2.75) is 52.4 Å². The van der Waals surface area contributed by atoms with Gasteiger partial charge in [-0.1, -0.05) is 24.3 Å². The van der Waals surface area contributed by atoms with Gasteiger partial charge in [0.1, 0.15) is 23.0 Å². The van der Waals surface area contributed by atoms with Gasteiger partial charge in [0.15, 0.2) is 5.58 Å². The predicted molar refractivity (Wildman–Crippen MR) is 160 cm³/mol. The summed E-state index contributed by atoms with van der Waals surface area (Å²) in [6, 6.07) is 17.5. The summed E-state index contributed by atoms with van der Waals surface area (Å²) in [5.41, 5.74) is 8.51. The van der Waals surface area contributed by atoms with Gasteiger partial charge < -0.3 is 18.8 Å². The van der Waals surface area contributed by atoms with Crippen molar-refractivity contribution in [3.8, 4) is 40.1 Å². The number of hydrogen-bond donors (Lipinski definition) is 1. The van der Waals surface area contributed by atoms with Crippen LogP contribution in [0.2, 0.25) is 0 Å². The molecule has 4 heterocycles. The Morgan fingerprint density at radius 3 is 2.28 bits per heavy atom. The molecule has 0 radical (unpaired) electrons. The van der Waals surface area contributed by atoms with Crippen LogP contribution in [-0.2, 0) is 24.5 Å². The third-order valence-electron chi connectivity index (χ3n) is 8.84. The number of aliphatic hydroxyl groups excluding tert-OH is 1. The molecule has 0 unspecified atom stereocenters. The van der Waals surface area contributed by atoms with Crippen LogP contribution in [0.5, 0.6) is 0 Å². The highest BCUT2D eigenvalue weighted by Gasteiger charge is 2.36. The topological polar surface area (TPSA) is 120 Å². The molecule has 1 fully saturated rings. The molecule has 2 aromatic heterocycles. The number of nitrogens with zero attached hydrogens (tertiary/aromatic N) is 5. The van der Waals surface area contributed by atoms with Crippen LogP contribution in [0.3, 0.4) is 0 Å². The Labute approximate surface area is 249 Å². The number of hydrogen-bond acceptors (Lipinski definition) is 8. The summed E-state index contributed by atoms with van der Waals surface area (Å²) in [5.74, 6) is 1.89. The molecule has 0 spiro atoms. The summed E-state index contributed by atoms with van der Waals surface area (Å²) in [4.78, 5) is 26.6. The van der Waals surface area contributed by atoms with Gasteiger partial charge in [-0.15, -0.1) is 0 Å². The average molecular weight is 574 g/mol. The van der Waals surface area contributed by atoms with Gasteiger partial charge in [-0.05, 0) is 92.4 Å². The Morgan fingerprint density at radius 1 is 1.00 bits per heavy atom. The monoisotopic (exact) mass is 573 g/mol. The molecule has 9 heteroatoms. The number of amides is 1. The summed E-state index contributed by atoms with van der Waals surface area (Å²) in [6.07, 6.45) is 1.95. The quantitative estimate of drug-likeness (QED) is 0.283. The number of carbonyl (C=O) groups excluding carboxylic acids is 1. The molecule has 0 saturated carbocycles. The van der Waals surface area contributed by atoms with Gasteiger partial charge in [0.05, 0.1) is 31.3 Å². The molecule has 0 aliphatic carbocycles. The van der Waals surface area contributed by atoms with E-state index < -0.39 is 0 Å². The van der Waals surface area contributed by atoms with Gasteiger partial charge in [0, 0.05) is 11.1 Å². The summed E-state index contributed by atoms with van der Waals surface area (Å²) in [5, 5.41) is 19.2. The van der Waals surface area contributed by atoms with Crippen molar-refractivity contribution in [1.82, 2.24) is 19.8 Å². The zero-order chi connectivity index (χ0) is 29.8. The second-order valence-electron chi connectivity index (χ2n) is 11.5. The molecule has 7 rings (SSSR count). The molecule has 2 aliphatic heterocycles. The smallest absolute Gasteiger partial charge is 0.240 e. The Kier molecular flexibility index (Phi) is 6.61. The van der Waals surface area contributed by atoms with Crippen LogP contribution in [0.15, 0.2) is 57.4 Å². The molecule has 3 aromatic carbocycles. The van der Waals surface area contributed by atoms with Gasteiger partial charge in [0.2, 0.25) is 17.7 Å². The maximum absolute atomic E-state index is 13.1. The first kappa shape index (κ1) is 27.1. The zero-order valence-corrected chi connectivity index (χ0v) is 24.3. The van der Waals surface area contributed by atoms with Crippen LogP contribution in [0.4, 0.5) is 0 Å². The van der Waals surface area contributed by atoms with Crippen LogP contribution >= 0.6 is 0 Å². The SMILES string of the molecule is Cc1c(-c2nc3c(o2)CN(C(=O)[C@@H]2CCCN2C)C3)cccc1-c1cccc(-c2nc3cc(CO)cc(C#N)c3o2)c1C. The van der Waals surface area contributed by atoms with E-state index in [1.807, 2.05) is 43.1 Å². The molecular weight excluding hydrogens is 542 g/mol. The Balaban J connectivity index is 1.20. The highest BCUT2D eigenvalue weighted by atomic mass is 16.4. The number of benzene rings is 3. The summed E-state index contributed by atoms with van der Waals surface area (Å²) < 4.78 is 12.4. The zero-order valence-electron chi connectivity index (χ0n) is 24.3. The molecule has 2 aliphatic rings. The van der Waals surface area contributed by atoms with Gasteiger partial charge in [-0.2, -0.15) is 5.26 Å². The number of aliphatic hydroxyl groups is 1. The molecule has 5 aromatic rings. The van der Waals surface area contributed by atoms with E-state index in [4.69, 9.17) is 13.8 Å². The van der Waals surface area contributed by atoms with Crippen molar-refractivity contribution in [1.29, 1.82) is 5.26 Å². The fourth-order valence-corrected chi connectivity index (χ4v) is 6.44. The molecular formula is C34H31N5O4. The summed E-state index contributed by atoms with van der Waals surface area (Å²) in [6.45, 7) is 5.79. The average Bonchev–Trinajstić information content (AvgIpc) is 3.80. The van der Waals surface area contributed by atoms with Crippen molar-refractivity contribution in [2.24, 2.45) is 0 Å². The van der Waals surface area contributed by atoms with Crippen molar-refractivity contribution in [3.05, 3.63) is 82.2 Å². The maximum Gasteiger partial charge on any atom is 0.240 e. The van der Waals surface area contributed by atoms with Crippen molar-refractivity contribution in [3.63, 3.8) is 0 Å². The van der Waals surface area contributed by atoms with Crippen molar-refractivity contribution < 1.29 is 18.7 Å². The van der Waals surface area contributed by atoms with Crippen molar-refractivity contribution in [2.75, 3.05) is 13.6 Å². The number of fused-ring (bicyclic) bond motifs is 2. The van der Waals surface area contributed by atoms with Crippen LogP contribution in [0.1, 0.15) is 46.5 Å². The van der Waals surface area contributed by atoms with E-state index in [1.165, 1.54) is 0 Å². The second-order valence-corrected chi connectivity index (χ2v) is 11.5. The Morgan fingerprint density at radius 2 is 1.67 bits per heavy atom. The third kappa shape index (κ3) is 4.51. The highest BCUT2D eigenvalue weighted by molar-refractivity contribution is 5.86. The number of likely N-dealkylation sites (N-methyl/N-ethyl adjacent to an activating group) is 1. The number of likely N-dealkylation sites (tertiary alicyclic amines) is 1. The molecule has 43 heavy (non-hydrogen) atoms. The molecule has 1 amide bonds. The fraction of sp³-hybridized carbons (Fsp3) is 0.294. The summed E-state index contributed by atoms with van der Waals surface area (Å²) in [7, 11) is 2.01. The molecule has 1 saturated heterocycles. The lowest BCUT2D eigenvalue weighted by Gasteiger charge is -2.24. The highest BCUT2D eigenvalue weighted by Crippen LogP contribution is 2.39. The molecule has 216 valence electrons. The lowest BCUT2D eigenvalue weighted by atomic mass is 9.91. The van der Waals surface area contributed by atoms with Gasteiger partial charge in [-0.3, -0.25) is 9.69 Å². The minimum absolute atomic E-state index is 0.0532. The van der Waals surface area contributed by atoms with Crippen LogP contribution in [-0.4, -0.2) is 50.4 Å². The Hall–Kier alpha value is -4.78. The first-order valence-corrected chi connectivity index (χ1v) is 14.5. The number of oxazole rings is 2. The molecule has 0 bridgehead atoms. The van der Waals surface area contributed by atoms with E-state index >= 15 is 0 Å². The standard InChI is InChI=1S/C34H31N5O4/c1-19-23(24-8-5-10-26(20(24)2)33-36-27-14-21(18-40)13-22(15-35)31(27)43-33)7-4-9-25(19)32-37-28-16-39(17-30(28)42-32)34(41)29-11-6-12-38(29)3/h4-5,7-10,13-14,29,40H,6,11-12,16-18H2,1-3H3/t29-/m0/s1. The van der Waals surface area contributed by atoms with E-state index in [1.54, 1.807) is 12.1 Å². The van der Waals surface area contributed by atoms with Gasteiger partial charge in [0.25, 0.3) is 0 Å². The Bertz CT molecular complexity index is 1920. The van der Waals surface area contributed by atoms with Gasteiger partial charge >= 0.3 is 0 Å². The normalized spacial score (nSPS) is 16.6. The van der Waals surface area contributed by atoms with Crippen molar-refractivity contribution >= 4 is 17.0 Å². The van der Waals surface area contributed by atoms with E-state index in [9.17, 15) is 15.2 Å². The van der Waals surface area contributed by atoms with E-state index in [2.05, 4.69) is 35.0 Å². The first-order valence-electron chi connectivity index (χ1n) is 14.5. The number of nitriles is 1. The van der Waals surface area contributed by atoms with Crippen LogP contribution in [0.25, 0.3) is 45.1 Å². The summed E-state index contributed by atoms with van der Waals surface area (Å²) >= 11 is 0. The molecule has 1 atom stereocenters. The van der Waals surface area contributed by atoms with Crippen LogP contribution in [0, 0.1) is 25.2 Å². The lowest BCUT2D eigenvalue weighted by Crippen LogP contribution is -2.42. The minimum Gasteiger partial charge on any atom is -0.439 e. The predicted octanol–water partition coefficient (Wildman–Crippen LogP) is 5.73. The van der Waals surface area contributed by atoms with E-state index in [0.717, 1.165) is 64.2 Å². The molecule has 9 nitrogen and oxygen atoms in total.